The van der Waals surface area contributed by atoms with Crippen LogP contribution in [0.3, 0.4) is 0 Å². The van der Waals surface area contributed by atoms with E-state index in [2.05, 4.69) is 50.9 Å². The monoisotopic (exact) mass is 476 g/mol. The molecule has 2 unspecified atom stereocenters. The Labute approximate surface area is 202 Å². The molecule has 23 heavy (non-hydrogen) atoms. The molecule has 0 saturated heterocycles. The SMILES string of the molecule is CCCC/C=C/CCC(Br)C(Br)CCCCCCCC(=O)[O-].[K+]. The Kier molecular flexibility index (Phi) is 23.6. The van der Waals surface area contributed by atoms with Crippen LogP contribution in [-0.4, -0.2) is 15.6 Å². The third-order valence-corrected chi connectivity index (χ3v) is 6.65. The van der Waals surface area contributed by atoms with E-state index in [1.807, 2.05) is 0 Å². The Hall–Kier alpha value is 1.81. The van der Waals surface area contributed by atoms with Crippen molar-refractivity contribution in [2.45, 2.75) is 93.6 Å². The maximum absolute atomic E-state index is 10.3. The number of halogens is 2. The molecule has 0 saturated carbocycles. The molecule has 0 aliphatic carbocycles. The second-order valence-corrected chi connectivity index (χ2v) is 8.25. The third kappa shape index (κ3) is 20.0. The van der Waals surface area contributed by atoms with Gasteiger partial charge in [-0.2, -0.15) is 0 Å². The molecule has 0 spiro atoms. The number of alkyl halides is 2. The predicted octanol–water partition coefficient (Wildman–Crippen LogP) is 2.52. The first-order valence-corrected chi connectivity index (χ1v) is 10.5. The molecule has 0 rings (SSSR count). The van der Waals surface area contributed by atoms with Crippen LogP contribution in [0, 0.1) is 0 Å². The number of hydrogen-bond acceptors (Lipinski definition) is 2. The molecule has 130 valence electrons. The van der Waals surface area contributed by atoms with Gasteiger partial charge < -0.3 is 9.90 Å². The summed E-state index contributed by atoms with van der Waals surface area (Å²) in [6.07, 6.45) is 17.3. The summed E-state index contributed by atoms with van der Waals surface area (Å²) < 4.78 is 0. The second-order valence-electron chi connectivity index (χ2n) is 5.90. The van der Waals surface area contributed by atoms with Gasteiger partial charge in [-0.3, -0.25) is 0 Å². The molecule has 0 bridgehead atoms. The molecule has 0 heterocycles. The second kappa shape index (κ2) is 20.1. The number of aliphatic carboxylic acids is 1. The van der Waals surface area contributed by atoms with Crippen molar-refractivity contribution in [3.8, 4) is 0 Å². The van der Waals surface area contributed by atoms with Crippen LogP contribution in [0.15, 0.2) is 12.2 Å². The Bertz CT molecular complexity index is 299. The minimum atomic E-state index is -0.925. The summed E-state index contributed by atoms with van der Waals surface area (Å²) in [6.45, 7) is 2.22. The zero-order valence-corrected chi connectivity index (χ0v) is 21.2. The van der Waals surface area contributed by atoms with E-state index in [0.29, 0.717) is 9.65 Å². The first-order valence-electron chi connectivity index (χ1n) is 8.71. The molecule has 0 aromatic heterocycles. The molecule has 0 N–H and O–H groups in total. The van der Waals surface area contributed by atoms with Gasteiger partial charge >= 0.3 is 51.4 Å². The maximum atomic E-state index is 10.3. The van der Waals surface area contributed by atoms with Gasteiger partial charge in [-0.25, -0.2) is 0 Å². The molecule has 0 radical (unpaired) electrons. The molecule has 0 aliphatic rings. The molecule has 0 aliphatic heterocycles. The van der Waals surface area contributed by atoms with Gasteiger partial charge in [0.05, 0.1) is 0 Å². The summed E-state index contributed by atoms with van der Waals surface area (Å²) >= 11 is 7.57. The van der Waals surface area contributed by atoms with Crippen LogP contribution in [0.1, 0.15) is 84.0 Å². The van der Waals surface area contributed by atoms with Crippen LogP contribution in [-0.2, 0) is 4.79 Å². The minimum absolute atomic E-state index is 0. The van der Waals surface area contributed by atoms with Crippen molar-refractivity contribution in [1.29, 1.82) is 0 Å². The average molecular weight is 478 g/mol. The predicted molar refractivity (Wildman–Crippen MR) is 101 cm³/mol. The molecular weight excluding hydrogens is 447 g/mol. The minimum Gasteiger partial charge on any atom is -0.550 e. The van der Waals surface area contributed by atoms with E-state index in [1.54, 1.807) is 0 Å². The quantitative estimate of drug-likeness (QED) is 0.157. The van der Waals surface area contributed by atoms with E-state index in [4.69, 9.17) is 0 Å². The smallest absolute Gasteiger partial charge is 0.550 e. The molecule has 0 aromatic carbocycles. The zero-order chi connectivity index (χ0) is 16.6. The Balaban J connectivity index is 0. The number of carboxylic acid groups (broad SMARTS) is 1. The molecule has 0 aromatic rings. The molecule has 2 atom stereocenters. The number of carbonyl (C=O) groups excluding carboxylic acids is 1. The maximum Gasteiger partial charge on any atom is 1.00 e. The molecule has 0 fully saturated rings. The summed E-state index contributed by atoms with van der Waals surface area (Å²) in [5.74, 6) is -0.925. The Morgan fingerprint density at radius 2 is 1.48 bits per heavy atom. The number of carboxylic acids is 1. The van der Waals surface area contributed by atoms with Gasteiger partial charge in [-0.15, -0.1) is 0 Å². The number of rotatable bonds is 15. The third-order valence-electron chi connectivity index (χ3n) is 3.75. The van der Waals surface area contributed by atoms with Gasteiger partial charge in [0, 0.05) is 15.6 Å². The van der Waals surface area contributed by atoms with E-state index < -0.39 is 5.97 Å². The molecular formula is C18H31Br2KO2. The van der Waals surface area contributed by atoms with Gasteiger partial charge in [-0.1, -0.05) is 89.5 Å². The first kappa shape index (κ1) is 27.0. The van der Waals surface area contributed by atoms with E-state index in [0.717, 1.165) is 25.7 Å². The van der Waals surface area contributed by atoms with Gasteiger partial charge in [0.15, 0.2) is 0 Å². The van der Waals surface area contributed by atoms with Crippen LogP contribution in [0.4, 0.5) is 0 Å². The largest absolute Gasteiger partial charge is 1.00 e. The molecule has 5 heteroatoms. The Morgan fingerprint density at radius 1 is 0.913 bits per heavy atom. The summed E-state index contributed by atoms with van der Waals surface area (Å²) in [6, 6.07) is 0. The van der Waals surface area contributed by atoms with Crippen molar-refractivity contribution < 1.29 is 61.3 Å². The van der Waals surface area contributed by atoms with Crippen molar-refractivity contribution in [1.82, 2.24) is 0 Å². The molecule has 0 amide bonds. The summed E-state index contributed by atoms with van der Waals surface area (Å²) in [5, 5.41) is 10.3. The van der Waals surface area contributed by atoms with Gasteiger partial charge in [0.1, 0.15) is 0 Å². The zero-order valence-electron chi connectivity index (χ0n) is 14.9. The van der Waals surface area contributed by atoms with Crippen LogP contribution in [0.25, 0.3) is 0 Å². The van der Waals surface area contributed by atoms with Crippen molar-refractivity contribution >= 4 is 37.8 Å². The summed E-state index contributed by atoms with van der Waals surface area (Å²) in [5.41, 5.74) is 0. The van der Waals surface area contributed by atoms with Crippen molar-refractivity contribution in [3.63, 3.8) is 0 Å². The van der Waals surface area contributed by atoms with Crippen LogP contribution in [0.5, 0.6) is 0 Å². The first-order chi connectivity index (χ1) is 10.6. The van der Waals surface area contributed by atoms with Crippen molar-refractivity contribution in [2.75, 3.05) is 0 Å². The summed E-state index contributed by atoms with van der Waals surface area (Å²) in [4.78, 5) is 11.3. The molecule has 2 nitrogen and oxygen atoms in total. The van der Waals surface area contributed by atoms with Gasteiger partial charge in [-0.05, 0) is 38.5 Å². The fourth-order valence-electron chi connectivity index (χ4n) is 2.31. The fraction of sp³-hybridized carbons (Fsp3) is 0.833. The Morgan fingerprint density at radius 3 is 2.13 bits per heavy atom. The average Bonchev–Trinajstić information content (AvgIpc) is 2.49. The van der Waals surface area contributed by atoms with Crippen LogP contribution in [0.2, 0.25) is 0 Å². The van der Waals surface area contributed by atoms with Gasteiger partial charge in [0.25, 0.3) is 0 Å². The van der Waals surface area contributed by atoms with E-state index >= 15 is 0 Å². The number of allylic oxidation sites excluding steroid dienone is 2. The van der Waals surface area contributed by atoms with Crippen LogP contribution < -0.4 is 56.5 Å². The number of carbonyl (C=O) groups is 1. The van der Waals surface area contributed by atoms with Gasteiger partial charge in [0.2, 0.25) is 0 Å². The van der Waals surface area contributed by atoms with E-state index in [9.17, 15) is 9.90 Å². The number of hydrogen-bond donors (Lipinski definition) is 0. The topological polar surface area (TPSA) is 40.1 Å². The summed E-state index contributed by atoms with van der Waals surface area (Å²) in [7, 11) is 0. The normalized spacial score (nSPS) is 13.7. The standard InChI is InChI=1S/C18H32Br2O2.K/c1-2-3-4-5-7-10-13-16(19)17(20)14-11-8-6-9-12-15-18(21)22;/h5,7,16-17H,2-4,6,8-15H2,1H3,(H,21,22);/q;+1/p-1/b7-5+;. The van der Waals surface area contributed by atoms with Crippen molar-refractivity contribution in [3.05, 3.63) is 12.2 Å². The van der Waals surface area contributed by atoms with E-state index in [-0.39, 0.29) is 57.8 Å². The number of unbranched alkanes of at least 4 members (excludes halogenated alkanes) is 6. The van der Waals surface area contributed by atoms with Crippen LogP contribution >= 0.6 is 31.9 Å². The van der Waals surface area contributed by atoms with Crippen molar-refractivity contribution in [2.24, 2.45) is 0 Å². The van der Waals surface area contributed by atoms with E-state index in [1.165, 1.54) is 44.9 Å². The fourth-order valence-corrected chi connectivity index (χ4v) is 3.43.